The summed E-state index contributed by atoms with van der Waals surface area (Å²) < 4.78 is 4.99. The number of aliphatic hydroxyl groups excluding tert-OH is 1. The Balaban J connectivity index is 3.10. The highest BCUT2D eigenvalue weighted by molar-refractivity contribution is 5.71. The maximum atomic E-state index is 11.8. The zero-order valence-electron chi connectivity index (χ0n) is 12.2. The summed E-state index contributed by atoms with van der Waals surface area (Å²) in [5.74, 6) is -0.576. The van der Waals surface area contributed by atoms with Crippen LogP contribution in [0.15, 0.2) is 24.3 Å². The van der Waals surface area contributed by atoms with Gasteiger partial charge < -0.3 is 9.84 Å². The van der Waals surface area contributed by atoms with E-state index in [9.17, 15) is 15.2 Å². The topological polar surface area (TPSA) is 70.3 Å². The minimum absolute atomic E-state index is 0.0626. The van der Waals surface area contributed by atoms with Gasteiger partial charge in [0.05, 0.1) is 31.1 Å². The van der Waals surface area contributed by atoms with E-state index in [4.69, 9.17) is 4.74 Å². The van der Waals surface area contributed by atoms with Gasteiger partial charge in [0, 0.05) is 5.92 Å². The van der Waals surface area contributed by atoms with Gasteiger partial charge in [-0.15, -0.1) is 0 Å². The second kappa shape index (κ2) is 7.06. The molecule has 0 aliphatic heterocycles. The van der Waals surface area contributed by atoms with Crippen molar-refractivity contribution in [1.29, 1.82) is 5.26 Å². The van der Waals surface area contributed by atoms with Gasteiger partial charge in [-0.25, -0.2) is 0 Å². The molecule has 0 saturated heterocycles. The van der Waals surface area contributed by atoms with E-state index in [-0.39, 0.29) is 24.9 Å². The Hall–Kier alpha value is -1.86. The normalized spacial score (nSPS) is 12.6. The van der Waals surface area contributed by atoms with Crippen LogP contribution >= 0.6 is 0 Å². The van der Waals surface area contributed by atoms with E-state index >= 15 is 0 Å². The minimum atomic E-state index is -0.694. The highest BCUT2D eigenvalue weighted by atomic mass is 16.5. The smallest absolute Gasteiger partial charge is 0.306 e. The third kappa shape index (κ3) is 4.07. The number of carbonyl (C=O) groups excluding carboxylic acids is 1. The Bertz CT molecular complexity index is 503. The molecule has 4 nitrogen and oxygen atoms in total. The van der Waals surface area contributed by atoms with Crippen LogP contribution in [0.5, 0.6) is 0 Å². The van der Waals surface area contributed by atoms with Crippen LogP contribution in [-0.2, 0) is 16.1 Å². The molecule has 0 spiro atoms. The van der Waals surface area contributed by atoms with E-state index in [0.717, 1.165) is 11.1 Å². The minimum Gasteiger partial charge on any atom is -0.466 e. The molecule has 0 aliphatic rings. The van der Waals surface area contributed by atoms with Gasteiger partial charge in [0.1, 0.15) is 0 Å². The van der Waals surface area contributed by atoms with Crippen molar-refractivity contribution < 1.29 is 14.6 Å². The van der Waals surface area contributed by atoms with Gasteiger partial charge in [-0.2, -0.15) is 5.26 Å². The van der Waals surface area contributed by atoms with Gasteiger partial charge in [-0.3, -0.25) is 4.79 Å². The number of aliphatic hydroxyl groups is 1. The molecule has 1 aromatic rings. The van der Waals surface area contributed by atoms with E-state index in [2.05, 4.69) is 6.07 Å². The molecule has 1 aromatic carbocycles. The van der Waals surface area contributed by atoms with Crippen LogP contribution in [-0.4, -0.2) is 17.7 Å². The molecule has 1 N–H and O–H groups in total. The van der Waals surface area contributed by atoms with Crippen molar-refractivity contribution in [3.63, 3.8) is 0 Å². The van der Waals surface area contributed by atoms with E-state index < -0.39 is 5.41 Å². The summed E-state index contributed by atoms with van der Waals surface area (Å²) in [4.78, 5) is 11.8. The van der Waals surface area contributed by atoms with Crippen LogP contribution < -0.4 is 0 Å². The number of ether oxygens (including phenoxy) is 1. The summed E-state index contributed by atoms with van der Waals surface area (Å²) >= 11 is 0. The van der Waals surface area contributed by atoms with Gasteiger partial charge in [0.25, 0.3) is 0 Å². The average Bonchev–Trinajstić information content (AvgIpc) is 2.45. The van der Waals surface area contributed by atoms with Crippen LogP contribution in [0.3, 0.4) is 0 Å². The third-order valence-corrected chi connectivity index (χ3v) is 3.37. The predicted octanol–water partition coefficient (Wildman–Crippen LogP) is 2.77. The van der Waals surface area contributed by atoms with Gasteiger partial charge in [-0.1, -0.05) is 24.3 Å². The van der Waals surface area contributed by atoms with E-state index in [1.54, 1.807) is 6.92 Å². The second-order valence-corrected chi connectivity index (χ2v) is 5.30. The van der Waals surface area contributed by atoms with Crippen LogP contribution in [0.2, 0.25) is 0 Å². The maximum Gasteiger partial charge on any atom is 0.306 e. The Morgan fingerprint density at radius 2 is 2.20 bits per heavy atom. The lowest BCUT2D eigenvalue weighted by Gasteiger charge is -2.28. The van der Waals surface area contributed by atoms with Crippen molar-refractivity contribution in [1.82, 2.24) is 0 Å². The molecule has 0 aromatic heterocycles. The van der Waals surface area contributed by atoms with Crippen molar-refractivity contribution in [3.05, 3.63) is 35.4 Å². The number of nitrogens with zero attached hydrogens (tertiary/aromatic N) is 1. The van der Waals surface area contributed by atoms with Gasteiger partial charge in [0.2, 0.25) is 0 Å². The number of rotatable bonds is 6. The summed E-state index contributed by atoms with van der Waals surface area (Å²) in [7, 11) is 0. The highest BCUT2D eigenvalue weighted by Gasteiger charge is 2.33. The van der Waals surface area contributed by atoms with Crippen LogP contribution in [0.4, 0.5) is 0 Å². The molecule has 0 bridgehead atoms. The maximum absolute atomic E-state index is 11.8. The molecule has 0 saturated carbocycles. The molecule has 0 amide bonds. The highest BCUT2D eigenvalue weighted by Crippen LogP contribution is 2.38. The molecule has 1 atom stereocenters. The van der Waals surface area contributed by atoms with Crippen molar-refractivity contribution in [2.45, 2.75) is 39.7 Å². The third-order valence-electron chi connectivity index (χ3n) is 3.37. The molecule has 4 heteroatoms. The molecule has 1 rings (SSSR count). The average molecular weight is 275 g/mol. The fraction of sp³-hybridized carbons (Fsp3) is 0.500. The zero-order valence-corrected chi connectivity index (χ0v) is 12.2. The summed E-state index contributed by atoms with van der Waals surface area (Å²) in [6, 6.07) is 9.60. The number of nitriles is 1. The van der Waals surface area contributed by atoms with Crippen molar-refractivity contribution in [2.24, 2.45) is 5.41 Å². The monoisotopic (exact) mass is 275 g/mol. The molecule has 108 valence electrons. The molecule has 0 radical (unpaired) electrons. The molecule has 0 heterocycles. The fourth-order valence-corrected chi connectivity index (χ4v) is 2.16. The largest absolute Gasteiger partial charge is 0.466 e. The number of hydrogen-bond acceptors (Lipinski definition) is 4. The standard InChI is InChI=1S/C16H21NO3/c1-4-20-15(19)9-14(16(2,3)11-17)13-7-5-6-12(8-13)10-18/h5-8,14,18H,4,9-10H2,1-3H3. The molecular weight excluding hydrogens is 254 g/mol. The lowest BCUT2D eigenvalue weighted by molar-refractivity contribution is -0.144. The molecule has 20 heavy (non-hydrogen) atoms. The second-order valence-electron chi connectivity index (χ2n) is 5.30. The van der Waals surface area contributed by atoms with Crippen LogP contribution in [0.25, 0.3) is 0 Å². The first-order chi connectivity index (χ1) is 9.44. The Labute approximate surface area is 120 Å². The van der Waals surface area contributed by atoms with Crippen LogP contribution in [0, 0.1) is 16.7 Å². The van der Waals surface area contributed by atoms with E-state index in [1.165, 1.54) is 0 Å². The van der Waals surface area contributed by atoms with Gasteiger partial charge >= 0.3 is 5.97 Å². The Morgan fingerprint density at radius 1 is 1.50 bits per heavy atom. The molecule has 0 fully saturated rings. The lowest BCUT2D eigenvalue weighted by Crippen LogP contribution is -2.24. The van der Waals surface area contributed by atoms with Gasteiger partial charge in [-0.05, 0) is 31.9 Å². The quantitative estimate of drug-likeness (QED) is 0.810. The molecular formula is C16H21NO3. The Morgan fingerprint density at radius 3 is 2.75 bits per heavy atom. The predicted molar refractivity (Wildman–Crippen MR) is 75.7 cm³/mol. The first kappa shape index (κ1) is 16.2. The van der Waals surface area contributed by atoms with E-state index in [1.807, 2.05) is 38.1 Å². The van der Waals surface area contributed by atoms with Crippen LogP contribution in [0.1, 0.15) is 44.2 Å². The number of hydrogen-bond donors (Lipinski definition) is 1. The summed E-state index contributed by atoms with van der Waals surface area (Å²) in [6.07, 6.45) is 0.156. The first-order valence-corrected chi connectivity index (χ1v) is 6.71. The van der Waals surface area contributed by atoms with Crippen molar-refractivity contribution >= 4 is 5.97 Å². The molecule has 0 aliphatic carbocycles. The number of carbonyl (C=O) groups is 1. The summed E-state index contributed by atoms with van der Waals surface area (Å²) in [5.41, 5.74) is 0.946. The summed E-state index contributed by atoms with van der Waals surface area (Å²) in [6.45, 7) is 5.64. The van der Waals surface area contributed by atoms with Gasteiger partial charge in [0.15, 0.2) is 0 Å². The lowest BCUT2D eigenvalue weighted by atomic mass is 9.74. The number of esters is 1. The number of benzene rings is 1. The Kier molecular flexibility index (Phi) is 5.72. The van der Waals surface area contributed by atoms with Crippen molar-refractivity contribution in [3.8, 4) is 6.07 Å². The van der Waals surface area contributed by atoms with E-state index in [0.29, 0.717) is 6.61 Å². The first-order valence-electron chi connectivity index (χ1n) is 6.71. The zero-order chi connectivity index (χ0) is 15.2. The fourth-order valence-electron chi connectivity index (χ4n) is 2.16. The summed E-state index contributed by atoms with van der Waals surface area (Å²) in [5, 5.41) is 18.6. The molecule has 1 unspecified atom stereocenters. The van der Waals surface area contributed by atoms with Crippen molar-refractivity contribution in [2.75, 3.05) is 6.61 Å². The SMILES string of the molecule is CCOC(=O)CC(c1cccc(CO)c1)C(C)(C)C#N.